The molecule has 0 saturated heterocycles. The monoisotopic (exact) mass is 469 g/mol. The van der Waals surface area contributed by atoms with E-state index in [0.29, 0.717) is 19.5 Å². The van der Waals surface area contributed by atoms with Crippen LogP contribution < -0.4 is 16.4 Å². The minimum absolute atomic E-state index is 0.116. The van der Waals surface area contributed by atoms with Crippen molar-refractivity contribution < 1.29 is 19.5 Å². The van der Waals surface area contributed by atoms with Gasteiger partial charge in [-0.15, -0.1) is 0 Å². The second kappa shape index (κ2) is 23.5. The molecule has 7 nitrogen and oxygen atoms in total. The second-order valence-corrected chi connectivity index (χ2v) is 9.19. The molecule has 2 amide bonds. The summed E-state index contributed by atoms with van der Waals surface area (Å²) in [5, 5.41) is 14.3. The first kappa shape index (κ1) is 31.4. The molecule has 194 valence electrons. The summed E-state index contributed by atoms with van der Waals surface area (Å²) < 4.78 is 0. The Morgan fingerprint density at radius 1 is 0.727 bits per heavy atom. The molecule has 0 bridgehead atoms. The highest BCUT2D eigenvalue weighted by atomic mass is 16.4. The Morgan fingerprint density at radius 3 is 1.73 bits per heavy atom. The summed E-state index contributed by atoms with van der Waals surface area (Å²) in [6.07, 6.45) is 19.8. The molecule has 0 aliphatic carbocycles. The van der Waals surface area contributed by atoms with Crippen LogP contribution in [0.15, 0.2) is 0 Å². The van der Waals surface area contributed by atoms with Crippen molar-refractivity contribution in [1.29, 1.82) is 0 Å². The zero-order valence-electron chi connectivity index (χ0n) is 21.2. The van der Waals surface area contributed by atoms with Gasteiger partial charge in [-0.1, -0.05) is 90.4 Å². The quantitative estimate of drug-likeness (QED) is 0.147. The average Bonchev–Trinajstić information content (AvgIpc) is 2.79. The molecule has 5 N–H and O–H groups in total. The summed E-state index contributed by atoms with van der Waals surface area (Å²) in [5.41, 5.74) is 5.52. The highest BCUT2D eigenvalue weighted by Crippen LogP contribution is 2.13. The van der Waals surface area contributed by atoms with Crippen molar-refractivity contribution in [2.75, 3.05) is 13.1 Å². The molecule has 0 fully saturated rings. The molecule has 0 aromatic rings. The SMILES string of the molecule is CCCCCCCCCCCCCCCCNC(=O)[C@H](CCCCN)NC(=O)CCC(=O)O. The smallest absolute Gasteiger partial charge is 0.303 e. The standard InChI is InChI=1S/C26H51N3O4/c1-2-3-4-5-6-7-8-9-10-11-12-13-14-17-22-28-26(33)23(18-15-16-21-27)29-24(30)19-20-25(31)32/h23H,2-22,27H2,1H3,(H,28,33)(H,29,30)(H,31,32)/t23-/m0/s1. The van der Waals surface area contributed by atoms with E-state index in [1.165, 1.54) is 77.0 Å². The summed E-state index contributed by atoms with van der Waals surface area (Å²) in [5.74, 6) is -1.61. The van der Waals surface area contributed by atoms with E-state index in [4.69, 9.17) is 10.8 Å². The number of rotatable bonds is 24. The number of hydrogen-bond acceptors (Lipinski definition) is 4. The molecule has 0 saturated carbocycles. The van der Waals surface area contributed by atoms with Crippen LogP contribution >= 0.6 is 0 Å². The molecular weight excluding hydrogens is 418 g/mol. The molecular formula is C26H51N3O4. The van der Waals surface area contributed by atoms with E-state index in [1.54, 1.807) is 0 Å². The van der Waals surface area contributed by atoms with Gasteiger partial charge < -0.3 is 21.5 Å². The van der Waals surface area contributed by atoms with Crippen LogP contribution in [0.5, 0.6) is 0 Å². The lowest BCUT2D eigenvalue weighted by molar-refractivity contribution is -0.139. The van der Waals surface area contributed by atoms with Crippen molar-refractivity contribution in [3.05, 3.63) is 0 Å². The lowest BCUT2D eigenvalue weighted by Crippen LogP contribution is -2.47. The maximum atomic E-state index is 12.5. The first-order valence-corrected chi connectivity index (χ1v) is 13.5. The van der Waals surface area contributed by atoms with Gasteiger partial charge in [-0.25, -0.2) is 0 Å². The highest BCUT2D eigenvalue weighted by molar-refractivity contribution is 5.88. The summed E-state index contributed by atoms with van der Waals surface area (Å²) in [6, 6.07) is -0.621. The Kier molecular flexibility index (Phi) is 22.4. The lowest BCUT2D eigenvalue weighted by atomic mass is 10.0. The lowest BCUT2D eigenvalue weighted by Gasteiger charge is -2.18. The fraction of sp³-hybridized carbons (Fsp3) is 0.885. The highest BCUT2D eigenvalue weighted by Gasteiger charge is 2.20. The van der Waals surface area contributed by atoms with Crippen molar-refractivity contribution in [3.8, 4) is 0 Å². The van der Waals surface area contributed by atoms with Crippen LogP contribution in [0.2, 0.25) is 0 Å². The molecule has 7 heteroatoms. The van der Waals surface area contributed by atoms with Crippen LogP contribution in [0.4, 0.5) is 0 Å². The zero-order valence-corrected chi connectivity index (χ0v) is 21.2. The summed E-state index contributed by atoms with van der Waals surface area (Å²) in [7, 11) is 0. The number of carbonyl (C=O) groups excluding carboxylic acids is 2. The number of carboxylic acids is 1. The Labute approximate surface area is 202 Å². The molecule has 0 unspecified atom stereocenters. The molecule has 33 heavy (non-hydrogen) atoms. The molecule has 0 heterocycles. The predicted molar refractivity (Wildman–Crippen MR) is 135 cm³/mol. The fourth-order valence-corrected chi connectivity index (χ4v) is 3.90. The average molecular weight is 470 g/mol. The number of carbonyl (C=O) groups is 3. The minimum atomic E-state index is -1.02. The maximum absolute atomic E-state index is 12.5. The van der Waals surface area contributed by atoms with Crippen molar-refractivity contribution >= 4 is 17.8 Å². The van der Waals surface area contributed by atoms with E-state index in [1.807, 2.05) is 0 Å². The largest absolute Gasteiger partial charge is 0.481 e. The van der Waals surface area contributed by atoms with Crippen LogP contribution in [0.1, 0.15) is 129 Å². The number of nitrogens with two attached hydrogens (primary N) is 1. The number of hydrogen-bond donors (Lipinski definition) is 4. The molecule has 0 radical (unpaired) electrons. The van der Waals surface area contributed by atoms with E-state index in [0.717, 1.165) is 25.7 Å². The minimum Gasteiger partial charge on any atom is -0.481 e. The van der Waals surface area contributed by atoms with Crippen LogP contribution in [0.25, 0.3) is 0 Å². The van der Waals surface area contributed by atoms with Gasteiger partial charge in [0, 0.05) is 13.0 Å². The van der Waals surface area contributed by atoms with E-state index >= 15 is 0 Å². The van der Waals surface area contributed by atoms with E-state index in [-0.39, 0.29) is 18.7 Å². The zero-order chi connectivity index (χ0) is 24.6. The van der Waals surface area contributed by atoms with E-state index in [9.17, 15) is 14.4 Å². The van der Waals surface area contributed by atoms with Gasteiger partial charge in [-0.3, -0.25) is 14.4 Å². The van der Waals surface area contributed by atoms with Gasteiger partial charge in [0.25, 0.3) is 0 Å². The van der Waals surface area contributed by atoms with Gasteiger partial charge in [-0.2, -0.15) is 0 Å². The maximum Gasteiger partial charge on any atom is 0.303 e. The fourth-order valence-electron chi connectivity index (χ4n) is 3.90. The predicted octanol–water partition coefficient (Wildman–Crippen LogP) is 5.06. The molecule has 0 rings (SSSR count). The van der Waals surface area contributed by atoms with Crippen molar-refractivity contribution in [1.82, 2.24) is 10.6 Å². The Hall–Kier alpha value is -1.63. The normalized spacial score (nSPS) is 11.8. The Morgan fingerprint density at radius 2 is 1.24 bits per heavy atom. The van der Waals surface area contributed by atoms with Crippen molar-refractivity contribution in [2.45, 2.75) is 135 Å². The van der Waals surface area contributed by atoms with Gasteiger partial charge >= 0.3 is 5.97 Å². The third-order valence-electron chi connectivity index (χ3n) is 5.99. The van der Waals surface area contributed by atoms with Gasteiger partial charge in [-0.05, 0) is 32.2 Å². The number of unbranched alkanes of at least 4 members (excludes halogenated alkanes) is 14. The summed E-state index contributed by atoms with van der Waals surface area (Å²) in [6.45, 7) is 3.41. The van der Waals surface area contributed by atoms with E-state index in [2.05, 4.69) is 17.6 Å². The van der Waals surface area contributed by atoms with Crippen LogP contribution in [0, 0.1) is 0 Å². The van der Waals surface area contributed by atoms with Gasteiger partial charge in [0.15, 0.2) is 0 Å². The topological polar surface area (TPSA) is 122 Å². The van der Waals surface area contributed by atoms with Gasteiger partial charge in [0.05, 0.1) is 6.42 Å². The van der Waals surface area contributed by atoms with Crippen LogP contribution in [-0.2, 0) is 14.4 Å². The summed E-state index contributed by atoms with van der Waals surface area (Å²) >= 11 is 0. The third-order valence-corrected chi connectivity index (χ3v) is 5.99. The van der Waals surface area contributed by atoms with Crippen LogP contribution in [0.3, 0.4) is 0 Å². The number of nitrogens with one attached hydrogen (secondary N) is 2. The molecule has 0 aliphatic rings. The second-order valence-electron chi connectivity index (χ2n) is 9.19. The molecule has 0 spiro atoms. The molecule has 0 aromatic heterocycles. The van der Waals surface area contributed by atoms with Crippen molar-refractivity contribution in [2.24, 2.45) is 5.73 Å². The van der Waals surface area contributed by atoms with Gasteiger partial charge in [0.1, 0.15) is 6.04 Å². The molecule has 1 atom stereocenters. The Balaban J connectivity index is 3.79. The third kappa shape index (κ3) is 22.0. The van der Waals surface area contributed by atoms with E-state index < -0.39 is 17.9 Å². The molecule has 0 aliphatic heterocycles. The Bertz CT molecular complexity index is 500. The number of amides is 2. The molecule has 0 aromatic carbocycles. The van der Waals surface area contributed by atoms with Crippen LogP contribution in [-0.4, -0.2) is 42.0 Å². The summed E-state index contributed by atoms with van der Waals surface area (Å²) in [4.78, 5) is 35.0. The first-order chi connectivity index (χ1) is 16.0. The number of carboxylic acid groups (broad SMARTS) is 1. The van der Waals surface area contributed by atoms with Crippen molar-refractivity contribution in [3.63, 3.8) is 0 Å². The van der Waals surface area contributed by atoms with Gasteiger partial charge in [0.2, 0.25) is 11.8 Å². The number of aliphatic carboxylic acids is 1. The first-order valence-electron chi connectivity index (χ1n) is 13.5.